The van der Waals surface area contributed by atoms with Crippen molar-refractivity contribution >= 4 is 17.6 Å². The monoisotopic (exact) mass is 308 g/mol. The van der Waals surface area contributed by atoms with E-state index in [2.05, 4.69) is 15.5 Å². The van der Waals surface area contributed by atoms with Gasteiger partial charge in [-0.25, -0.2) is 4.68 Å². The minimum absolute atomic E-state index is 0.0325. The Hall–Kier alpha value is -1.95. The molecule has 7 heteroatoms. The fourth-order valence-corrected chi connectivity index (χ4v) is 2.55. The lowest BCUT2D eigenvalue weighted by Gasteiger charge is -2.20. The second-order valence-electron chi connectivity index (χ2n) is 5.37. The van der Waals surface area contributed by atoms with E-state index in [4.69, 9.17) is 16.7 Å². The van der Waals surface area contributed by atoms with E-state index in [0.717, 1.165) is 11.1 Å². The number of carboxylic acid groups (broad SMARTS) is 1. The molecule has 0 spiro atoms. The summed E-state index contributed by atoms with van der Waals surface area (Å²) in [6.45, 7) is 5.82. The highest BCUT2D eigenvalue weighted by Gasteiger charge is 2.24. The van der Waals surface area contributed by atoms with Crippen molar-refractivity contribution in [3.8, 4) is 11.4 Å². The maximum atomic E-state index is 11.1. The standard InChI is InChI=1S/C14H17ClN4O2/c1-8(2)12(7-13(20)21)19-14(16-17-18-19)10-4-9(3)5-11(15)6-10/h4-6,8,12H,7H2,1-3H3,(H,20,21). The molecule has 0 amide bonds. The summed E-state index contributed by atoms with van der Waals surface area (Å²) in [4.78, 5) is 11.1. The number of carbonyl (C=O) groups is 1. The van der Waals surface area contributed by atoms with Gasteiger partial charge in [0.05, 0.1) is 12.5 Å². The van der Waals surface area contributed by atoms with E-state index in [1.807, 2.05) is 32.9 Å². The summed E-state index contributed by atoms with van der Waals surface area (Å²) >= 11 is 6.07. The number of carboxylic acids is 1. The van der Waals surface area contributed by atoms with Gasteiger partial charge in [0, 0.05) is 10.6 Å². The zero-order chi connectivity index (χ0) is 15.6. The number of aromatic nitrogens is 4. The van der Waals surface area contributed by atoms with Crippen LogP contribution >= 0.6 is 11.6 Å². The molecule has 1 N–H and O–H groups in total. The van der Waals surface area contributed by atoms with Crippen molar-refractivity contribution in [3.05, 3.63) is 28.8 Å². The molecular formula is C14H17ClN4O2. The van der Waals surface area contributed by atoms with E-state index in [0.29, 0.717) is 10.8 Å². The average Bonchev–Trinajstić information content (AvgIpc) is 2.82. The summed E-state index contributed by atoms with van der Waals surface area (Å²) in [6.07, 6.45) is -0.0325. The van der Waals surface area contributed by atoms with Crippen LogP contribution < -0.4 is 0 Å². The zero-order valence-corrected chi connectivity index (χ0v) is 12.9. The minimum Gasteiger partial charge on any atom is -0.481 e. The Morgan fingerprint density at radius 1 is 1.38 bits per heavy atom. The third-order valence-corrected chi connectivity index (χ3v) is 3.48. The van der Waals surface area contributed by atoms with Gasteiger partial charge in [0.25, 0.3) is 0 Å². The first-order valence-electron chi connectivity index (χ1n) is 6.65. The predicted molar refractivity (Wildman–Crippen MR) is 79.1 cm³/mol. The van der Waals surface area contributed by atoms with Crippen LogP contribution in [0.4, 0.5) is 0 Å². The van der Waals surface area contributed by atoms with Gasteiger partial charge in [0.2, 0.25) is 0 Å². The second kappa shape index (κ2) is 6.22. The highest BCUT2D eigenvalue weighted by atomic mass is 35.5. The van der Waals surface area contributed by atoms with Crippen molar-refractivity contribution in [1.29, 1.82) is 0 Å². The van der Waals surface area contributed by atoms with Gasteiger partial charge < -0.3 is 5.11 Å². The molecule has 0 fully saturated rings. The van der Waals surface area contributed by atoms with Crippen LogP contribution in [0.1, 0.15) is 31.9 Å². The topological polar surface area (TPSA) is 80.9 Å². The predicted octanol–water partition coefficient (Wildman–Crippen LogP) is 2.97. The third-order valence-electron chi connectivity index (χ3n) is 3.26. The molecule has 112 valence electrons. The Balaban J connectivity index is 2.47. The molecule has 0 radical (unpaired) electrons. The minimum atomic E-state index is -0.877. The third kappa shape index (κ3) is 3.58. The summed E-state index contributed by atoms with van der Waals surface area (Å²) in [5.74, 6) is -0.262. The van der Waals surface area contributed by atoms with Gasteiger partial charge in [-0.15, -0.1) is 5.10 Å². The van der Waals surface area contributed by atoms with Crippen LogP contribution in [0.15, 0.2) is 18.2 Å². The molecule has 0 aliphatic rings. The van der Waals surface area contributed by atoms with Gasteiger partial charge in [0.1, 0.15) is 0 Å². The number of halogens is 1. The van der Waals surface area contributed by atoms with Gasteiger partial charge >= 0.3 is 5.97 Å². The highest BCUT2D eigenvalue weighted by Crippen LogP contribution is 2.28. The van der Waals surface area contributed by atoms with Crippen LogP contribution in [0.3, 0.4) is 0 Å². The van der Waals surface area contributed by atoms with Gasteiger partial charge in [-0.05, 0) is 47.0 Å². The van der Waals surface area contributed by atoms with Gasteiger partial charge in [-0.3, -0.25) is 4.79 Å². The molecule has 0 bridgehead atoms. The molecule has 0 saturated heterocycles. The molecular weight excluding hydrogens is 292 g/mol. The Morgan fingerprint density at radius 2 is 2.10 bits per heavy atom. The number of aliphatic carboxylic acids is 1. The largest absolute Gasteiger partial charge is 0.481 e. The quantitative estimate of drug-likeness (QED) is 0.918. The summed E-state index contributed by atoms with van der Waals surface area (Å²) < 4.78 is 1.57. The molecule has 6 nitrogen and oxygen atoms in total. The number of tetrazole rings is 1. The molecule has 1 aromatic carbocycles. The molecule has 1 atom stereocenters. The lowest BCUT2D eigenvalue weighted by molar-refractivity contribution is -0.138. The summed E-state index contributed by atoms with van der Waals surface area (Å²) in [5, 5.41) is 21.4. The van der Waals surface area contributed by atoms with Crippen molar-refractivity contribution in [2.24, 2.45) is 5.92 Å². The van der Waals surface area contributed by atoms with Crippen LogP contribution in [-0.2, 0) is 4.79 Å². The van der Waals surface area contributed by atoms with Crippen molar-refractivity contribution in [3.63, 3.8) is 0 Å². The highest BCUT2D eigenvalue weighted by molar-refractivity contribution is 6.30. The molecule has 1 unspecified atom stereocenters. The molecule has 1 aromatic heterocycles. The van der Waals surface area contributed by atoms with Gasteiger partial charge in [0.15, 0.2) is 5.82 Å². The molecule has 2 rings (SSSR count). The second-order valence-corrected chi connectivity index (χ2v) is 5.81. The number of benzene rings is 1. The van der Waals surface area contributed by atoms with Crippen LogP contribution in [0.2, 0.25) is 5.02 Å². The molecule has 0 aliphatic heterocycles. The lowest BCUT2D eigenvalue weighted by atomic mass is 10.0. The van der Waals surface area contributed by atoms with E-state index in [1.165, 1.54) is 0 Å². The van der Waals surface area contributed by atoms with Crippen LogP contribution in [-0.4, -0.2) is 31.3 Å². The number of hydrogen-bond acceptors (Lipinski definition) is 4. The van der Waals surface area contributed by atoms with Crippen molar-refractivity contribution < 1.29 is 9.90 Å². The van der Waals surface area contributed by atoms with E-state index >= 15 is 0 Å². The summed E-state index contributed by atoms with van der Waals surface area (Å²) in [6, 6.07) is 5.23. The SMILES string of the molecule is Cc1cc(Cl)cc(-c2nnnn2C(CC(=O)O)C(C)C)c1. The van der Waals surface area contributed by atoms with Crippen molar-refractivity contribution in [2.45, 2.75) is 33.2 Å². The van der Waals surface area contributed by atoms with Crippen molar-refractivity contribution in [1.82, 2.24) is 20.2 Å². The van der Waals surface area contributed by atoms with Crippen LogP contribution in [0.25, 0.3) is 11.4 Å². The summed E-state index contributed by atoms with van der Waals surface area (Å²) in [5.41, 5.74) is 1.77. The van der Waals surface area contributed by atoms with Crippen LogP contribution in [0.5, 0.6) is 0 Å². The fourth-order valence-electron chi connectivity index (χ4n) is 2.26. The fraction of sp³-hybridized carbons (Fsp3) is 0.429. The normalized spacial score (nSPS) is 12.6. The van der Waals surface area contributed by atoms with Crippen LogP contribution in [0, 0.1) is 12.8 Å². The first kappa shape index (κ1) is 15.4. The summed E-state index contributed by atoms with van der Waals surface area (Å²) in [7, 11) is 0. The maximum Gasteiger partial charge on any atom is 0.305 e. The molecule has 2 aromatic rings. The molecule has 0 aliphatic carbocycles. The average molecular weight is 309 g/mol. The Labute approximate surface area is 127 Å². The van der Waals surface area contributed by atoms with Crippen molar-refractivity contribution in [2.75, 3.05) is 0 Å². The number of nitrogens with zero attached hydrogens (tertiary/aromatic N) is 4. The van der Waals surface area contributed by atoms with E-state index in [-0.39, 0.29) is 18.4 Å². The Kier molecular flexibility index (Phi) is 4.57. The van der Waals surface area contributed by atoms with E-state index < -0.39 is 5.97 Å². The number of aryl methyl sites for hydroxylation is 1. The van der Waals surface area contributed by atoms with E-state index in [1.54, 1.807) is 10.7 Å². The smallest absolute Gasteiger partial charge is 0.305 e. The first-order valence-corrected chi connectivity index (χ1v) is 7.03. The maximum absolute atomic E-state index is 11.1. The molecule has 21 heavy (non-hydrogen) atoms. The van der Waals surface area contributed by atoms with Gasteiger partial charge in [-0.2, -0.15) is 0 Å². The Bertz CT molecular complexity index is 634. The number of rotatable bonds is 5. The van der Waals surface area contributed by atoms with E-state index in [9.17, 15) is 4.79 Å². The van der Waals surface area contributed by atoms with Gasteiger partial charge in [-0.1, -0.05) is 25.4 Å². The lowest BCUT2D eigenvalue weighted by Crippen LogP contribution is -2.21. The Morgan fingerprint density at radius 3 is 2.67 bits per heavy atom. The molecule has 0 saturated carbocycles. The molecule has 1 heterocycles. The number of hydrogen-bond donors (Lipinski definition) is 1. The zero-order valence-electron chi connectivity index (χ0n) is 12.1. The first-order chi connectivity index (χ1) is 9.88.